The first-order chi connectivity index (χ1) is 9.27. The molecular formula is C12H8F3N2O2S-. The summed E-state index contributed by atoms with van der Waals surface area (Å²) in [6.07, 6.45) is -4.83. The second kappa shape index (κ2) is 5.12. The molecule has 0 aliphatic rings. The highest BCUT2D eigenvalue weighted by Gasteiger charge is 2.37. The van der Waals surface area contributed by atoms with Crippen LogP contribution in [0.1, 0.15) is 20.9 Å². The molecule has 0 fully saturated rings. The SMILES string of the molecule is Cc1cccc(Nc2nc(C(F)(F)F)c(C(=O)[O-])s2)c1. The van der Waals surface area contributed by atoms with E-state index in [9.17, 15) is 23.1 Å². The van der Waals surface area contributed by atoms with Gasteiger partial charge in [-0.25, -0.2) is 4.98 Å². The van der Waals surface area contributed by atoms with Crippen LogP contribution >= 0.6 is 11.3 Å². The van der Waals surface area contributed by atoms with Crippen LogP contribution in [0.4, 0.5) is 24.0 Å². The minimum absolute atomic E-state index is 0.151. The third-order valence-corrected chi connectivity index (χ3v) is 3.30. The van der Waals surface area contributed by atoms with E-state index >= 15 is 0 Å². The van der Waals surface area contributed by atoms with Gasteiger partial charge >= 0.3 is 6.18 Å². The highest BCUT2D eigenvalue weighted by atomic mass is 32.1. The number of benzene rings is 1. The van der Waals surface area contributed by atoms with Gasteiger partial charge in [0.1, 0.15) is 0 Å². The van der Waals surface area contributed by atoms with Crippen molar-refractivity contribution in [2.75, 3.05) is 5.32 Å². The fourth-order valence-electron chi connectivity index (χ4n) is 1.55. The summed E-state index contributed by atoms with van der Waals surface area (Å²) in [6, 6.07) is 6.88. The van der Waals surface area contributed by atoms with Crippen molar-refractivity contribution < 1.29 is 23.1 Å². The van der Waals surface area contributed by atoms with Gasteiger partial charge in [0.25, 0.3) is 0 Å². The molecule has 0 spiro atoms. The number of alkyl halides is 3. The number of nitrogens with zero attached hydrogens (tertiary/aromatic N) is 1. The van der Waals surface area contributed by atoms with Gasteiger partial charge in [0.15, 0.2) is 10.8 Å². The molecule has 1 aromatic heterocycles. The van der Waals surface area contributed by atoms with Crippen molar-refractivity contribution in [1.82, 2.24) is 4.98 Å². The average molecular weight is 301 g/mol. The molecule has 20 heavy (non-hydrogen) atoms. The van der Waals surface area contributed by atoms with E-state index in [4.69, 9.17) is 0 Å². The molecule has 0 radical (unpaired) electrons. The average Bonchev–Trinajstić information content (AvgIpc) is 2.73. The molecule has 1 heterocycles. The van der Waals surface area contributed by atoms with Crippen LogP contribution in [0.15, 0.2) is 24.3 Å². The number of halogens is 3. The fourth-order valence-corrected chi connectivity index (χ4v) is 2.39. The predicted octanol–water partition coefficient (Wildman–Crippen LogP) is 2.58. The van der Waals surface area contributed by atoms with E-state index in [1.54, 1.807) is 18.2 Å². The van der Waals surface area contributed by atoms with Crippen LogP contribution in [0.5, 0.6) is 0 Å². The topological polar surface area (TPSA) is 65.0 Å². The first kappa shape index (κ1) is 14.3. The molecule has 2 rings (SSSR count). The van der Waals surface area contributed by atoms with Gasteiger partial charge in [0, 0.05) is 5.69 Å². The van der Waals surface area contributed by atoms with Gasteiger partial charge in [-0.15, -0.1) is 0 Å². The molecule has 4 nitrogen and oxygen atoms in total. The van der Waals surface area contributed by atoms with Crippen LogP contribution < -0.4 is 10.4 Å². The molecule has 0 saturated carbocycles. The van der Waals surface area contributed by atoms with Crippen LogP contribution in [-0.4, -0.2) is 11.0 Å². The van der Waals surface area contributed by atoms with E-state index in [0.717, 1.165) is 5.56 Å². The van der Waals surface area contributed by atoms with Gasteiger partial charge in [-0.05, 0) is 24.6 Å². The van der Waals surface area contributed by atoms with Crippen LogP contribution in [0.2, 0.25) is 0 Å². The summed E-state index contributed by atoms with van der Waals surface area (Å²) in [5, 5.41) is 13.2. The summed E-state index contributed by atoms with van der Waals surface area (Å²) in [6.45, 7) is 1.82. The molecule has 8 heteroatoms. The number of carboxylic acid groups (broad SMARTS) is 1. The minimum atomic E-state index is -4.83. The molecule has 2 aromatic rings. The number of carboxylic acids is 1. The number of hydrogen-bond donors (Lipinski definition) is 1. The maximum absolute atomic E-state index is 12.7. The lowest BCUT2D eigenvalue weighted by molar-refractivity contribution is -0.255. The highest BCUT2D eigenvalue weighted by Crippen LogP contribution is 2.36. The van der Waals surface area contributed by atoms with E-state index in [2.05, 4.69) is 10.3 Å². The Labute approximate surface area is 115 Å². The first-order valence-corrected chi connectivity index (χ1v) is 6.22. The molecule has 0 atom stereocenters. The van der Waals surface area contributed by atoms with Gasteiger partial charge < -0.3 is 15.2 Å². The number of thiazole rings is 1. The van der Waals surface area contributed by atoms with Crippen molar-refractivity contribution >= 4 is 28.1 Å². The van der Waals surface area contributed by atoms with E-state index in [1.807, 2.05) is 13.0 Å². The molecule has 1 N–H and O–H groups in total. The minimum Gasteiger partial charge on any atom is -0.544 e. The molecule has 0 amide bonds. The number of hydrogen-bond acceptors (Lipinski definition) is 5. The maximum Gasteiger partial charge on any atom is 0.434 e. The number of anilines is 2. The summed E-state index contributed by atoms with van der Waals surface area (Å²) in [5.41, 5.74) is -0.0160. The third kappa shape index (κ3) is 3.08. The second-order valence-electron chi connectivity index (χ2n) is 3.98. The Kier molecular flexibility index (Phi) is 3.67. The van der Waals surface area contributed by atoms with Gasteiger partial charge in [0.2, 0.25) is 0 Å². The van der Waals surface area contributed by atoms with Crippen molar-refractivity contribution in [2.24, 2.45) is 0 Å². The van der Waals surface area contributed by atoms with Gasteiger partial charge in [-0.3, -0.25) is 0 Å². The number of aromatic nitrogens is 1. The fraction of sp³-hybridized carbons (Fsp3) is 0.167. The third-order valence-electron chi connectivity index (χ3n) is 2.35. The van der Waals surface area contributed by atoms with Crippen molar-refractivity contribution in [3.63, 3.8) is 0 Å². The molecule has 106 valence electrons. The Morgan fingerprint density at radius 1 is 1.40 bits per heavy atom. The highest BCUT2D eigenvalue weighted by molar-refractivity contribution is 7.17. The summed E-state index contributed by atoms with van der Waals surface area (Å²) >= 11 is 0.391. The summed E-state index contributed by atoms with van der Waals surface area (Å²) in [4.78, 5) is 13.1. The second-order valence-corrected chi connectivity index (χ2v) is 4.98. The van der Waals surface area contributed by atoms with E-state index < -0.39 is 22.7 Å². The van der Waals surface area contributed by atoms with Crippen molar-refractivity contribution in [2.45, 2.75) is 13.1 Å². The van der Waals surface area contributed by atoms with E-state index in [1.165, 1.54) is 0 Å². The summed E-state index contributed by atoms with van der Waals surface area (Å²) in [7, 11) is 0. The zero-order chi connectivity index (χ0) is 14.9. The van der Waals surface area contributed by atoms with E-state index in [0.29, 0.717) is 17.0 Å². The normalized spacial score (nSPS) is 11.4. The van der Waals surface area contributed by atoms with Crippen LogP contribution in [0.25, 0.3) is 0 Å². The molecule has 0 aliphatic heterocycles. The van der Waals surface area contributed by atoms with Gasteiger partial charge in [-0.2, -0.15) is 13.2 Å². The maximum atomic E-state index is 12.7. The molecule has 1 aromatic carbocycles. The van der Waals surface area contributed by atoms with Crippen LogP contribution in [0.3, 0.4) is 0 Å². The molecule has 0 aliphatic carbocycles. The molecule has 0 saturated heterocycles. The summed E-state index contributed by atoms with van der Waals surface area (Å²) in [5.74, 6) is -1.90. The molecule has 0 bridgehead atoms. The summed E-state index contributed by atoms with van der Waals surface area (Å²) < 4.78 is 38.0. The number of aryl methyl sites for hydroxylation is 1. The Bertz CT molecular complexity index is 652. The number of rotatable bonds is 3. The van der Waals surface area contributed by atoms with Crippen LogP contribution in [-0.2, 0) is 6.18 Å². The smallest absolute Gasteiger partial charge is 0.434 e. The Morgan fingerprint density at radius 2 is 2.10 bits per heavy atom. The predicted molar refractivity (Wildman–Crippen MR) is 65.9 cm³/mol. The molecular weight excluding hydrogens is 293 g/mol. The number of aromatic carboxylic acids is 1. The monoisotopic (exact) mass is 301 g/mol. The number of carbonyl (C=O) groups is 1. The van der Waals surface area contributed by atoms with Crippen LogP contribution in [0, 0.1) is 6.92 Å². The van der Waals surface area contributed by atoms with Crippen molar-refractivity contribution in [1.29, 1.82) is 0 Å². The Morgan fingerprint density at radius 3 is 2.60 bits per heavy atom. The Balaban J connectivity index is 2.37. The van der Waals surface area contributed by atoms with Gasteiger partial charge in [0.05, 0.1) is 10.8 Å². The standard InChI is InChI=1S/C12H9F3N2O2S/c1-6-3-2-4-7(5-6)16-11-17-9(12(13,14)15)8(20-11)10(18)19/h2-5H,1H3,(H,16,17)(H,18,19)/p-1. The zero-order valence-corrected chi connectivity index (χ0v) is 10.9. The number of nitrogens with one attached hydrogen (secondary N) is 1. The first-order valence-electron chi connectivity index (χ1n) is 5.40. The lowest BCUT2D eigenvalue weighted by Gasteiger charge is -2.05. The van der Waals surface area contributed by atoms with E-state index in [-0.39, 0.29) is 5.13 Å². The Hall–Kier alpha value is -2.09. The number of carbonyl (C=O) groups excluding carboxylic acids is 1. The molecule has 0 unspecified atom stereocenters. The lowest BCUT2D eigenvalue weighted by Crippen LogP contribution is -2.24. The van der Waals surface area contributed by atoms with Gasteiger partial charge in [-0.1, -0.05) is 23.5 Å². The largest absolute Gasteiger partial charge is 0.544 e. The van der Waals surface area contributed by atoms with Crippen molar-refractivity contribution in [3.8, 4) is 0 Å². The zero-order valence-electron chi connectivity index (χ0n) is 10.1. The van der Waals surface area contributed by atoms with Crippen molar-refractivity contribution in [3.05, 3.63) is 40.4 Å². The lowest BCUT2D eigenvalue weighted by atomic mass is 10.2. The quantitative estimate of drug-likeness (QED) is 0.946.